The monoisotopic (exact) mass is 429 g/mol. The zero-order valence-electron chi connectivity index (χ0n) is 16.2. The van der Waals surface area contributed by atoms with Crippen LogP contribution in [0.3, 0.4) is 0 Å². The lowest BCUT2D eigenvalue weighted by molar-refractivity contribution is -0.118. The van der Waals surface area contributed by atoms with Crippen LogP contribution in [-0.2, 0) is 11.3 Å². The van der Waals surface area contributed by atoms with Gasteiger partial charge in [-0.25, -0.2) is 4.98 Å². The number of hydrogen-bond acceptors (Lipinski definition) is 4. The summed E-state index contributed by atoms with van der Waals surface area (Å²) in [6, 6.07) is 22.3. The molecule has 0 fully saturated rings. The Morgan fingerprint density at radius 1 is 1.06 bits per heavy atom. The molecule has 0 atom stereocenters. The predicted octanol–water partition coefficient (Wildman–Crippen LogP) is 5.85. The quantitative estimate of drug-likeness (QED) is 0.350. The predicted molar refractivity (Wildman–Crippen MR) is 120 cm³/mol. The van der Waals surface area contributed by atoms with E-state index in [0.29, 0.717) is 21.7 Å². The van der Waals surface area contributed by atoms with E-state index in [0.717, 1.165) is 16.6 Å². The van der Waals surface area contributed by atoms with Gasteiger partial charge in [0.15, 0.2) is 5.69 Å². The SMILES string of the molecule is O=C(Cn1c(-c2ccccc2)nc2ccccc21)N=Nc1c(O)[nH]c2ccc(Cl)cc12. The normalized spacial score (nSPS) is 11.6. The molecular formula is C23H16ClN5O2. The Bertz CT molecular complexity index is 1450. The molecule has 0 unspecified atom stereocenters. The number of rotatable bonds is 4. The summed E-state index contributed by atoms with van der Waals surface area (Å²) >= 11 is 6.04. The number of imidazole rings is 1. The first-order chi connectivity index (χ1) is 15.1. The Morgan fingerprint density at radius 2 is 1.84 bits per heavy atom. The van der Waals surface area contributed by atoms with Crippen LogP contribution in [-0.4, -0.2) is 25.5 Å². The lowest BCUT2D eigenvalue weighted by Gasteiger charge is -2.06. The van der Waals surface area contributed by atoms with Gasteiger partial charge in [-0.2, -0.15) is 0 Å². The van der Waals surface area contributed by atoms with Crippen molar-refractivity contribution in [1.82, 2.24) is 14.5 Å². The third-order valence-electron chi connectivity index (χ3n) is 4.96. The molecule has 2 heterocycles. The van der Waals surface area contributed by atoms with E-state index in [1.165, 1.54) is 0 Å². The minimum atomic E-state index is -0.476. The molecule has 31 heavy (non-hydrogen) atoms. The molecule has 5 rings (SSSR count). The maximum absolute atomic E-state index is 12.7. The van der Waals surface area contributed by atoms with Crippen LogP contribution >= 0.6 is 11.6 Å². The smallest absolute Gasteiger partial charge is 0.284 e. The Hall–Kier alpha value is -3.97. The average Bonchev–Trinajstić information content (AvgIpc) is 3.30. The van der Waals surface area contributed by atoms with Crippen molar-refractivity contribution in [2.45, 2.75) is 6.54 Å². The van der Waals surface area contributed by atoms with Crippen molar-refractivity contribution in [3.05, 3.63) is 77.8 Å². The number of aromatic hydroxyl groups is 1. The molecule has 8 heteroatoms. The van der Waals surface area contributed by atoms with E-state index < -0.39 is 5.91 Å². The molecule has 7 nitrogen and oxygen atoms in total. The fourth-order valence-corrected chi connectivity index (χ4v) is 3.72. The number of azo groups is 1. The summed E-state index contributed by atoms with van der Waals surface area (Å²) in [6.45, 7) is -0.0435. The molecule has 3 aromatic carbocycles. The number of nitrogens with zero attached hydrogens (tertiary/aromatic N) is 4. The third kappa shape index (κ3) is 3.55. The molecule has 0 aliphatic rings. The van der Waals surface area contributed by atoms with Gasteiger partial charge >= 0.3 is 0 Å². The van der Waals surface area contributed by atoms with Crippen LogP contribution in [0.4, 0.5) is 5.69 Å². The molecule has 152 valence electrons. The van der Waals surface area contributed by atoms with Crippen LogP contribution in [0, 0.1) is 0 Å². The standard InChI is InChI=1S/C23H16ClN5O2/c24-15-10-11-17-16(12-15)21(23(31)26-17)28-27-20(30)13-29-19-9-5-4-8-18(19)25-22(29)14-6-2-1-3-7-14/h1-12,26,31H,13H2. The minimum Gasteiger partial charge on any atom is -0.493 e. The highest BCUT2D eigenvalue weighted by molar-refractivity contribution is 6.31. The van der Waals surface area contributed by atoms with E-state index in [4.69, 9.17) is 11.6 Å². The first-order valence-corrected chi connectivity index (χ1v) is 9.93. The summed E-state index contributed by atoms with van der Waals surface area (Å²) in [5.74, 6) is 0.0232. The zero-order chi connectivity index (χ0) is 21.4. The maximum atomic E-state index is 12.7. The fraction of sp³-hybridized carbons (Fsp3) is 0.0435. The van der Waals surface area contributed by atoms with Crippen molar-refractivity contribution in [3.63, 3.8) is 0 Å². The molecule has 0 aliphatic carbocycles. The second-order valence-corrected chi connectivity index (χ2v) is 7.42. The van der Waals surface area contributed by atoms with Gasteiger partial charge in [0.1, 0.15) is 12.4 Å². The number of nitrogens with one attached hydrogen (secondary N) is 1. The van der Waals surface area contributed by atoms with Gasteiger partial charge < -0.3 is 14.7 Å². The number of carbonyl (C=O) groups excluding carboxylic acids is 1. The van der Waals surface area contributed by atoms with E-state index >= 15 is 0 Å². The number of aromatic amines is 1. The molecule has 0 bridgehead atoms. The third-order valence-corrected chi connectivity index (χ3v) is 5.19. The van der Waals surface area contributed by atoms with Crippen LogP contribution in [0.5, 0.6) is 5.88 Å². The Labute approximate surface area is 181 Å². The van der Waals surface area contributed by atoms with Gasteiger partial charge in [-0.3, -0.25) is 4.79 Å². The molecule has 0 radical (unpaired) electrons. The maximum Gasteiger partial charge on any atom is 0.284 e. The van der Waals surface area contributed by atoms with Crippen LogP contribution < -0.4 is 0 Å². The van der Waals surface area contributed by atoms with Crippen LogP contribution in [0.15, 0.2) is 83.0 Å². The molecule has 1 amide bonds. The Balaban J connectivity index is 1.50. The van der Waals surface area contributed by atoms with E-state index in [1.54, 1.807) is 18.2 Å². The van der Waals surface area contributed by atoms with Gasteiger partial charge in [0.2, 0.25) is 5.88 Å². The average molecular weight is 430 g/mol. The van der Waals surface area contributed by atoms with Gasteiger partial charge in [-0.15, -0.1) is 10.2 Å². The van der Waals surface area contributed by atoms with Gasteiger partial charge in [0, 0.05) is 16.0 Å². The number of halogens is 1. The second-order valence-electron chi connectivity index (χ2n) is 6.98. The van der Waals surface area contributed by atoms with Crippen molar-refractivity contribution in [2.75, 3.05) is 0 Å². The van der Waals surface area contributed by atoms with Crippen LogP contribution in [0.2, 0.25) is 5.02 Å². The van der Waals surface area contributed by atoms with Gasteiger partial charge in [0.05, 0.1) is 16.6 Å². The van der Waals surface area contributed by atoms with Crippen LogP contribution in [0.1, 0.15) is 0 Å². The van der Waals surface area contributed by atoms with E-state index in [9.17, 15) is 9.90 Å². The summed E-state index contributed by atoms with van der Waals surface area (Å²) in [6.07, 6.45) is 0. The lowest BCUT2D eigenvalue weighted by Crippen LogP contribution is -2.08. The van der Waals surface area contributed by atoms with E-state index in [1.807, 2.05) is 59.2 Å². The van der Waals surface area contributed by atoms with Crippen molar-refractivity contribution in [1.29, 1.82) is 0 Å². The minimum absolute atomic E-state index is 0.0435. The van der Waals surface area contributed by atoms with E-state index in [-0.39, 0.29) is 18.1 Å². The van der Waals surface area contributed by atoms with E-state index in [2.05, 4.69) is 20.2 Å². The molecule has 5 aromatic rings. The molecule has 2 aromatic heterocycles. The lowest BCUT2D eigenvalue weighted by atomic mass is 10.2. The molecule has 0 aliphatic heterocycles. The van der Waals surface area contributed by atoms with Crippen molar-refractivity contribution >= 4 is 45.1 Å². The highest BCUT2D eigenvalue weighted by Gasteiger charge is 2.16. The number of hydrogen-bond donors (Lipinski definition) is 2. The first-order valence-electron chi connectivity index (χ1n) is 9.55. The number of carbonyl (C=O) groups is 1. The highest BCUT2D eigenvalue weighted by atomic mass is 35.5. The summed E-state index contributed by atoms with van der Waals surface area (Å²) in [5.41, 5.74) is 3.33. The van der Waals surface area contributed by atoms with Crippen LogP contribution in [0.25, 0.3) is 33.3 Å². The number of fused-ring (bicyclic) bond motifs is 2. The number of benzene rings is 3. The fourth-order valence-electron chi connectivity index (χ4n) is 3.55. The topological polar surface area (TPSA) is 95.6 Å². The molecule has 0 saturated carbocycles. The number of H-pyrrole nitrogens is 1. The zero-order valence-corrected chi connectivity index (χ0v) is 16.9. The van der Waals surface area contributed by atoms with Crippen molar-refractivity contribution in [2.24, 2.45) is 10.2 Å². The number of para-hydroxylation sites is 2. The largest absolute Gasteiger partial charge is 0.493 e. The highest BCUT2D eigenvalue weighted by Crippen LogP contribution is 2.36. The second kappa shape index (κ2) is 7.70. The summed E-state index contributed by atoms with van der Waals surface area (Å²) < 4.78 is 1.82. The van der Waals surface area contributed by atoms with Gasteiger partial charge in [-0.1, -0.05) is 54.1 Å². The molecule has 0 saturated heterocycles. The van der Waals surface area contributed by atoms with Gasteiger partial charge in [-0.05, 0) is 30.3 Å². The summed E-state index contributed by atoms with van der Waals surface area (Å²) in [7, 11) is 0. The first kappa shape index (κ1) is 19.0. The summed E-state index contributed by atoms with van der Waals surface area (Å²) in [5, 5.41) is 19.1. The van der Waals surface area contributed by atoms with Crippen molar-refractivity contribution in [3.8, 4) is 17.3 Å². The molecular weight excluding hydrogens is 414 g/mol. The van der Waals surface area contributed by atoms with Crippen molar-refractivity contribution < 1.29 is 9.90 Å². The molecule has 2 N–H and O–H groups in total. The number of aromatic nitrogens is 3. The summed E-state index contributed by atoms with van der Waals surface area (Å²) in [4.78, 5) is 20.2. The van der Waals surface area contributed by atoms with Gasteiger partial charge in [0.25, 0.3) is 5.91 Å². The molecule has 0 spiro atoms. The number of amides is 1. The Morgan fingerprint density at radius 3 is 2.68 bits per heavy atom. The Kier molecular flexibility index (Phi) is 4.72.